The van der Waals surface area contributed by atoms with Gasteiger partial charge in [-0.1, -0.05) is 48.2 Å². The van der Waals surface area contributed by atoms with Crippen LogP contribution >= 0.6 is 0 Å². The molecule has 0 saturated heterocycles. The van der Waals surface area contributed by atoms with Gasteiger partial charge in [-0.25, -0.2) is 4.79 Å². The number of unbranched alkanes of at least 4 members (excludes halogenated alkanes) is 3. The summed E-state index contributed by atoms with van der Waals surface area (Å²) in [5, 5.41) is 11.5. The molecule has 114 valence electrons. The first-order valence-electron chi connectivity index (χ1n) is 7.57. The Bertz CT molecular complexity index is 826. The summed E-state index contributed by atoms with van der Waals surface area (Å²) in [6.07, 6.45) is 10.00. The molecule has 23 heavy (non-hydrogen) atoms. The largest absolute Gasteiger partial charge is 0.477 e. The average molecular weight is 302 g/mol. The summed E-state index contributed by atoms with van der Waals surface area (Å²) >= 11 is 0. The van der Waals surface area contributed by atoms with E-state index < -0.39 is 5.97 Å². The van der Waals surface area contributed by atoms with Crippen molar-refractivity contribution in [3.63, 3.8) is 0 Å². The molecule has 0 heterocycles. The highest BCUT2D eigenvalue weighted by Gasteiger charge is 2.04. The zero-order valence-electron chi connectivity index (χ0n) is 12.9. The van der Waals surface area contributed by atoms with Gasteiger partial charge >= 0.3 is 5.97 Å². The summed E-state index contributed by atoms with van der Waals surface area (Å²) in [7, 11) is 0. The predicted octanol–water partition coefficient (Wildman–Crippen LogP) is 4.50. The van der Waals surface area contributed by atoms with E-state index in [9.17, 15) is 9.90 Å². The fourth-order valence-electron chi connectivity index (χ4n) is 2.21. The lowest BCUT2D eigenvalue weighted by atomic mass is 10.0. The van der Waals surface area contributed by atoms with Crippen molar-refractivity contribution in [1.82, 2.24) is 0 Å². The Kier molecular flexibility index (Phi) is 6.04. The second kappa shape index (κ2) is 8.47. The second-order valence-corrected chi connectivity index (χ2v) is 5.18. The highest BCUT2D eigenvalue weighted by molar-refractivity contribution is 5.98. The fraction of sp³-hybridized carbons (Fsp3) is 0.190. The summed E-state index contributed by atoms with van der Waals surface area (Å²) in [6, 6.07) is 13.8. The molecule has 0 aromatic heterocycles. The van der Waals surface area contributed by atoms with E-state index >= 15 is 0 Å². The SMILES string of the molecule is C#CCCCCC#CC(=Cc1ccc2ccccc2c1)C(=O)O. The van der Waals surface area contributed by atoms with Crippen LogP contribution in [-0.2, 0) is 4.79 Å². The maximum absolute atomic E-state index is 11.3. The number of fused-ring (bicyclic) bond motifs is 1. The topological polar surface area (TPSA) is 37.3 Å². The summed E-state index contributed by atoms with van der Waals surface area (Å²) in [5.41, 5.74) is 0.944. The smallest absolute Gasteiger partial charge is 0.344 e. The van der Waals surface area contributed by atoms with Crippen LogP contribution in [0.4, 0.5) is 0 Å². The molecule has 0 aliphatic rings. The van der Waals surface area contributed by atoms with Crippen molar-refractivity contribution in [2.24, 2.45) is 0 Å². The normalized spacial score (nSPS) is 10.7. The number of aliphatic carboxylic acids is 1. The van der Waals surface area contributed by atoms with E-state index in [1.165, 1.54) is 0 Å². The average Bonchev–Trinajstić information content (AvgIpc) is 2.56. The van der Waals surface area contributed by atoms with E-state index in [0.29, 0.717) is 6.42 Å². The van der Waals surface area contributed by atoms with Crippen LogP contribution in [-0.4, -0.2) is 11.1 Å². The third-order valence-corrected chi connectivity index (χ3v) is 3.41. The Hall–Kier alpha value is -2.97. The zero-order chi connectivity index (χ0) is 16.5. The third kappa shape index (κ3) is 5.06. The number of hydrogen-bond acceptors (Lipinski definition) is 1. The summed E-state index contributed by atoms with van der Waals surface area (Å²) < 4.78 is 0. The Morgan fingerprint density at radius 3 is 2.57 bits per heavy atom. The van der Waals surface area contributed by atoms with Gasteiger partial charge in [-0.15, -0.1) is 12.3 Å². The molecular weight excluding hydrogens is 284 g/mol. The van der Waals surface area contributed by atoms with Crippen LogP contribution in [0.3, 0.4) is 0 Å². The third-order valence-electron chi connectivity index (χ3n) is 3.41. The van der Waals surface area contributed by atoms with Crippen LogP contribution in [0.25, 0.3) is 16.8 Å². The molecule has 0 unspecified atom stereocenters. The first-order valence-corrected chi connectivity index (χ1v) is 7.57. The van der Waals surface area contributed by atoms with Gasteiger partial charge in [0.2, 0.25) is 0 Å². The highest BCUT2D eigenvalue weighted by atomic mass is 16.4. The van der Waals surface area contributed by atoms with E-state index in [-0.39, 0.29) is 5.57 Å². The van der Waals surface area contributed by atoms with Crippen molar-refractivity contribution in [2.45, 2.75) is 25.7 Å². The van der Waals surface area contributed by atoms with Gasteiger partial charge < -0.3 is 5.11 Å². The molecule has 0 fully saturated rings. The molecular formula is C21H18O2. The quantitative estimate of drug-likeness (QED) is 0.501. The minimum atomic E-state index is -1.01. The van der Waals surface area contributed by atoms with Gasteiger partial charge in [0.05, 0.1) is 0 Å². The Labute approximate surface area is 136 Å². The predicted molar refractivity (Wildman–Crippen MR) is 94.6 cm³/mol. The number of rotatable bonds is 5. The van der Waals surface area contributed by atoms with Crippen LogP contribution in [0.2, 0.25) is 0 Å². The molecule has 2 aromatic rings. The maximum Gasteiger partial charge on any atom is 0.344 e. The first kappa shape index (κ1) is 16.4. The van der Waals surface area contributed by atoms with Crippen LogP contribution in [0, 0.1) is 24.2 Å². The molecule has 0 atom stereocenters. The molecule has 0 bridgehead atoms. The minimum Gasteiger partial charge on any atom is -0.477 e. The minimum absolute atomic E-state index is 0.109. The highest BCUT2D eigenvalue weighted by Crippen LogP contribution is 2.17. The van der Waals surface area contributed by atoms with Gasteiger partial charge in [0, 0.05) is 12.8 Å². The molecule has 2 aromatic carbocycles. The second-order valence-electron chi connectivity index (χ2n) is 5.18. The van der Waals surface area contributed by atoms with Gasteiger partial charge in [0.15, 0.2) is 0 Å². The van der Waals surface area contributed by atoms with Gasteiger partial charge in [-0.2, -0.15) is 0 Å². The Morgan fingerprint density at radius 2 is 1.83 bits per heavy atom. The van der Waals surface area contributed by atoms with Gasteiger partial charge in [0.25, 0.3) is 0 Å². The zero-order valence-corrected chi connectivity index (χ0v) is 12.9. The van der Waals surface area contributed by atoms with E-state index in [1.54, 1.807) is 6.08 Å². The van der Waals surface area contributed by atoms with Crippen LogP contribution in [0.15, 0.2) is 48.0 Å². The molecule has 0 aliphatic heterocycles. The molecule has 1 N–H and O–H groups in total. The molecule has 0 aliphatic carbocycles. The molecule has 0 saturated carbocycles. The standard InChI is InChI=1S/C21H18O2/c1-2-3-4-5-6-7-12-20(21(22)23)16-17-13-14-18-10-8-9-11-19(18)15-17/h1,8-11,13-16H,3-6H2,(H,22,23). The molecule has 2 rings (SSSR count). The van der Waals surface area contributed by atoms with E-state index in [0.717, 1.165) is 35.6 Å². The fourth-order valence-corrected chi connectivity index (χ4v) is 2.21. The maximum atomic E-state index is 11.3. The van der Waals surface area contributed by atoms with Gasteiger partial charge in [0.1, 0.15) is 5.57 Å². The van der Waals surface area contributed by atoms with E-state index in [2.05, 4.69) is 17.8 Å². The first-order chi connectivity index (χ1) is 11.2. The number of benzene rings is 2. The van der Waals surface area contributed by atoms with Crippen molar-refractivity contribution in [3.8, 4) is 24.2 Å². The van der Waals surface area contributed by atoms with Crippen molar-refractivity contribution >= 4 is 22.8 Å². The van der Waals surface area contributed by atoms with Gasteiger partial charge in [-0.05, 0) is 41.3 Å². The number of terminal acetylenes is 1. The molecule has 0 spiro atoms. The number of carboxylic acid groups (broad SMARTS) is 1. The van der Waals surface area contributed by atoms with Crippen molar-refractivity contribution in [2.75, 3.05) is 0 Å². The van der Waals surface area contributed by atoms with Crippen LogP contribution in [0.5, 0.6) is 0 Å². The molecule has 2 heteroatoms. The summed E-state index contributed by atoms with van der Waals surface area (Å²) in [5.74, 6) is 7.24. The lowest BCUT2D eigenvalue weighted by molar-refractivity contribution is -0.132. The van der Waals surface area contributed by atoms with Crippen LogP contribution < -0.4 is 0 Å². The van der Waals surface area contributed by atoms with Crippen molar-refractivity contribution in [3.05, 3.63) is 53.6 Å². The monoisotopic (exact) mass is 302 g/mol. The Morgan fingerprint density at radius 1 is 1.09 bits per heavy atom. The lowest BCUT2D eigenvalue weighted by Gasteiger charge is -2.00. The van der Waals surface area contributed by atoms with Crippen molar-refractivity contribution < 1.29 is 9.90 Å². The Balaban J connectivity index is 2.15. The molecule has 0 amide bonds. The van der Waals surface area contributed by atoms with Gasteiger partial charge in [-0.3, -0.25) is 0 Å². The summed E-state index contributed by atoms with van der Waals surface area (Å²) in [4.78, 5) is 11.3. The summed E-state index contributed by atoms with van der Waals surface area (Å²) in [6.45, 7) is 0. The molecule has 2 nitrogen and oxygen atoms in total. The number of hydrogen-bond donors (Lipinski definition) is 1. The number of carbonyl (C=O) groups is 1. The van der Waals surface area contributed by atoms with E-state index in [4.69, 9.17) is 6.42 Å². The molecule has 0 radical (unpaired) electrons. The van der Waals surface area contributed by atoms with E-state index in [1.807, 2.05) is 42.5 Å². The van der Waals surface area contributed by atoms with Crippen LogP contribution in [0.1, 0.15) is 31.2 Å². The van der Waals surface area contributed by atoms with Crippen molar-refractivity contribution in [1.29, 1.82) is 0 Å². The lowest BCUT2D eigenvalue weighted by Crippen LogP contribution is -1.97. The number of carboxylic acids is 1.